The van der Waals surface area contributed by atoms with Gasteiger partial charge in [-0.1, -0.05) is 30.3 Å². The summed E-state index contributed by atoms with van der Waals surface area (Å²) in [7, 11) is 3.16. The molecule has 34 heavy (non-hydrogen) atoms. The van der Waals surface area contributed by atoms with Gasteiger partial charge < -0.3 is 14.4 Å². The number of hydrogen-bond donors (Lipinski definition) is 1. The van der Waals surface area contributed by atoms with Gasteiger partial charge in [-0.2, -0.15) is 0 Å². The first-order valence-corrected chi connectivity index (χ1v) is 10.9. The van der Waals surface area contributed by atoms with Crippen LogP contribution in [0, 0.1) is 5.92 Å². The molecule has 2 aliphatic heterocycles. The van der Waals surface area contributed by atoms with Gasteiger partial charge in [0, 0.05) is 25.0 Å². The lowest BCUT2D eigenvalue weighted by Gasteiger charge is -2.37. The first-order valence-electron chi connectivity index (χ1n) is 10.9. The SMILES string of the molecule is COc1ccc(C2C3C(=O)N(c4ccccc4OC)NC3=CC(=O)N2Cc2cccnc2)cc1. The molecule has 2 amide bonds. The van der Waals surface area contributed by atoms with Crippen LogP contribution in [0.3, 0.4) is 0 Å². The smallest absolute Gasteiger partial charge is 0.257 e. The normalized spacial score (nSPS) is 19.4. The molecule has 2 aliphatic rings. The van der Waals surface area contributed by atoms with Crippen molar-refractivity contribution in [2.45, 2.75) is 12.6 Å². The molecule has 3 aromatic rings. The van der Waals surface area contributed by atoms with E-state index in [1.807, 2.05) is 48.5 Å². The fraction of sp³-hybridized carbons (Fsp3) is 0.192. The van der Waals surface area contributed by atoms with E-state index in [1.54, 1.807) is 43.6 Å². The van der Waals surface area contributed by atoms with E-state index in [0.717, 1.165) is 11.1 Å². The van der Waals surface area contributed by atoms with E-state index in [2.05, 4.69) is 10.4 Å². The number of benzene rings is 2. The fourth-order valence-electron chi connectivity index (χ4n) is 4.52. The maximum Gasteiger partial charge on any atom is 0.257 e. The van der Waals surface area contributed by atoms with Crippen LogP contribution in [0.2, 0.25) is 0 Å². The number of hydrogen-bond acceptors (Lipinski definition) is 6. The highest BCUT2D eigenvalue weighted by atomic mass is 16.5. The minimum absolute atomic E-state index is 0.166. The summed E-state index contributed by atoms with van der Waals surface area (Å²) in [6.07, 6.45) is 4.93. The Bertz CT molecular complexity index is 1240. The molecule has 2 atom stereocenters. The predicted molar refractivity (Wildman–Crippen MR) is 126 cm³/mol. The second-order valence-electron chi connectivity index (χ2n) is 8.08. The molecule has 0 aliphatic carbocycles. The summed E-state index contributed by atoms with van der Waals surface area (Å²) in [5, 5.41) is 1.46. The first kappa shape index (κ1) is 21.5. The fourth-order valence-corrected chi connectivity index (χ4v) is 4.52. The lowest BCUT2D eigenvalue weighted by Crippen LogP contribution is -2.43. The number of amides is 2. The molecule has 1 fully saturated rings. The van der Waals surface area contributed by atoms with Gasteiger partial charge in [0.05, 0.1) is 26.0 Å². The van der Waals surface area contributed by atoms with Crippen LogP contribution in [0.25, 0.3) is 0 Å². The van der Waals surface area contributed by atoms with Crippen molar-refractivity contribution in [3.8, 4) is 11.5 Å². The van der Waals surface area contributed by atoms with Crippen LogP contribution in [0.15, 0.2) is 84.8 Å². The van der Waals surface area contributed by atoms with E-state index in [0.29, 0.717) is 29.4 Å². The summed E-state index contributed by atoms with van der Waals surface area (Å²) in [4.78, 5) is 33.0. The first-order chi connectivity index (χ1) is 16.6. The number of rotatable bonds is 6. The Morgan fingerprint density at radius 2 is 1.76 bits per heavy atom. The number of aromatic nitrogens is 1. The lowest BCUT2D eigenvalue weighted by molar-refractivity contribution is -0.133. The largest absolute Gasteiger partial charge is 0.497 e. The predicted octanol–water partition coefficient (Wildman–Crippen LogP) is 3.23. The van der Waals surface area contributed by atoms with Crippen molar-refractivity contribution in [2.24, 2.45) is 5.92 Å². The third kappa shape index (κ3) is 3.73. The van der Waals surface area contributed by atoms with Crippen LogP contribution in [-0.2, 0) is 16.1 Å². The number of hydrazine groups is 1. The maximum absolute atomic E-state index is 13.8. The summed E-state index contributed by atoms with van der Waals surface area (Å²) in [6, 6.07) is 18.0. The number of carbonyl (C=O) groups is 2. The summed E-state index contributed by atoms with van der Waals surface area (Å²) in [5.41, 5.74) is 6.02. The van der Waals surface area contributed by atoms with Crippen molar-refractivity contribution < 1.29 is 19.1 Å². The Morgan fingerprint density at radius 3 is 2.47 bits per heavy atom. The number of para-hydroxylation sites is 2. The molecule has 0 bridgehead atoms. The average molecular weight is 457 g/mol. The van der Waals surface area contributed by atoms with Crippen molar-refractivity contribution in [3.05, 3.63) is 96.0 Å². The van der Waals surface area contributed by atoms with Crippen LogP contribution >= 0.6 is 0 Å². The Morgan fingerprint density at radius 1 is 0.971 bits per heavy atom. The van der Waals surface area contributed by atoms with Crippen molar-refractivity contribution in [1.29, 1.82) is 0 Å². The van der Waals surface area contributed by atoms with Crippen LogP contribution in [0.1, 0.15) is 17.2 Å². The number of nitrogens with one attached hydrogen (secondary N) is 1. The van der Waals surface area contributed by atoms with Gasteiger partial charge >= 0.3 is 0 Å². The van der Waals surface area contributed by atoms with E-state index in [4.69, 9.17) is 9.47 Å². The van der Waals surface area contributed by atoms with Crippen LogP contribution < -0.4 is 19.9 Å². The molecular weight excluding hydrogens is 432 g/mol. The van der Waals surface area contributed by atoms with Gasteiger partial charge in [0.15, 0.2) is 0 Å². The average Bonchev–Trinajstić information content (AvgIpc) is 3.20. The summed E-state index contributed by atoms with van der Waals surface area (Å²) < 4.78 is 10.8. The highest BCUT2D eigenvalue weighted by Crippen LogP contribution is 2.43. The zero-order valence-corrected chi connectivity index (χ0v) is 18.8. The Labute approximate surface area is 197 Å². The quantitative estimate of drug-likeness (QED) is 0.613. The molecule has 2 unspecified atom stereocenters. The molecule has 1 N–H and O–H groups in total. The van der Waals surface area contributed by atoms with Crippen molar-refractivity contribution in [1.82, 2.24) is 15.3 Å². The molecule has 8 heteroatoms. The minimum atomic E-state index is -0.604. The lowest BCUT2D eigenvalue weighted by atomic mass is 9.86. The van der Waals surface area contributed by atoms with Crippen LogP contribution in [0.4, 0.5) is 5.69 Å². The number of pyridine rings is 1. The standard InChI is InChI=1S/C26H24N4O4/c1-33-19-11-9-18(10-12-19)25-24-20(14-23(31)29(25)16-17-6-5-13-27-15-17)28-30(26(24)32)21-7-3-4-8-22(21)34-2/h3-15,24-25,28H,16H2,1-2H3. The van der Waals surface area contributed by atoms with Gasteiger partial charge in [0.2, 0.25) is 5.91 Å². The Kier molecular flexibility index (Phi) is 5.63. The van der Waals surface area contributed by atoms with Crippen molar-refractivity contribution >= 4 is 17.5 Å². The van der Waals surface area contributed by atoms with Crippen molar-refractivity contribution in [3.63, 3.8) is 0 Å². The van der Waals surface area contributed by atoms with E-state index in [1.165, 1.54) is 11.1 Å². The molecule has 172 valence electrons. The van der Waals surface area contributed by atoms with E-state index in [9.17, 15) is 9.59 Å². The molecule has 0 radical (unpaired) electrons. The maximum atomic E-state index is 13.8. The van der Waals surface area contributed by atoms with Gasteiger partial charge in [-0.05, 0) is 41.5 Å². The second-order valence-corrected chi connectivity index (χ2v) is 8.08. The number of carbonyl (C=O) groups excluding carboxylic acids is 2. The molecule has 5 rings (SSSR count). The topological polar surface area (TPSA) is 84.0 Å². The van der Waals surface area contributed by atoms with Crippen LogP contribution in [-0.4, -0.2) is 35.9 Å². The summed E-state index contributed by atoms with van der Waals surface area (Å²) in [5.74, 6) is 0.306. The zero-order chi connectivity index (χ0) is 23.7. The number of methoxy groups -OCH3 is 2. The second kappa shape index (κ2) is 8.90. The number of anilines is 1. The number of nitrogens with zero attached hydrogens (tertiary/aromatic N) is 3. The van der Waals surface area contributed by atoms with E-state index >= 15 is 0 Å². The summed E-state index contributed by atoms with van der Waals surface area (Å²) in [6.45, 7) is 0.325. The van der Waals surface area contributed by atoms with Crippen LogP contribution in [0.5, 0.6) is 11.5 Å². The molecule has 2 aromatic carbocycles. The van der Waals surface area contributed by atoms with E-state index < -0.39 is 12.0 Å². The monoisotopic (exact) mass is 456 g/mol. The highest BCUT2D eigenvalue weighted by molar-refractivity contribution is 6.04. The Hall–Kier alpha value is -4.33. The molecular formula is C26H24N4O4. The Balaban J connectivity index is 1.58. The van der Waals surface area contributed by atoms with Crippen molar-refractivity contribution in [2.75, 3.05) is 19.2 Å². The molecule has 0 saturated carbocycles. The van der Waals surface area contributed by atoms with Gasteiger partial charge in [-0.25, -0.2) is 5.01 Å². The molecule has 1 aromatic heterocycles. The highest BCUT2D eigenvalue weighted by Gasteiger charge is 2.49. The molecule has 3 heterocycles. The third-order valence-electron chi connectivity index (χ3n) is 6.14. The molecule has 8 nitrogen and oxygen atoms in total. The minimum Gasteiger partial charge on any atom is -0.497 e. The van der Waals surface area contributed by atoms with E-state index in [-0.39, 0.29) is 11.8 Å². The number of fused-ring (bicyclic) bond motifs is 1. The number of ether oxygens (including phenoxy) is 2. The van der Waals surface area contributed by atoms with Gasteiger partial charge in [0.25, 0.3) is 5.91 Å². The van der Waals surface area contributed by atoms with Gasteiger partial charge in [-0.15, -0.1) is 0 Å². The molecule has 1 saturated heterocycles. The molecule has 0 spiro atoms. The van der Waals surface area contributed by atoms with Gasteiger partial charge in [-0.3, -0.25) is 20.0 Å². The summed E-state index contributed by atoms with van der Waals surface area (Å²) >= 11 is 0. The zero-order valence-electron chi connectivity index (χ0n) is 18.8. The van der Waals surface area contributed by atoms with Gasteiger partial charge in [0.1, 0.15) is 23.1 Å². The third-order valence-corrected chi connectivity index (χ3v) is 6.14.